The maximum absolute atomic E-state index is 12.0. The highest BCUT2D eigenvalue weighted by atomic mass is 16.4. The van der Waals surface area contributed by atoms with Gasteiger partial charge in [0.25, 0.3) is 0 Å². The van der Waals surface area contributed by atoms with Gasteiger partial charge in [0.15, 0.2) is 0 Å². The molecule has 0 radical (unpaired) electrons. The Labute approximate surface area is 117 Å². The Morgan fingerprint density at radius 2 is 2.15 bits per heavy atom. The molecule has 2 rings (SSSR count). The zero-order valence-corrected chi connectivity index (χ0v) is 11.6. The molecule has 1 aromatic heterocycles. The third-order valence-electron chi connectivity index (χ3n) is 3.62. The number of nitrogens with zero attached hydrogens (tertiary/aromatic N) is 3. The second kappa shape index (κ2) is 6.40. The number of likely N-dealkylation sites (tertiary alicyclic amines) is 1. The van der Waals surface area contributed by atoms with E-state index in [1.54, 1.807) is 29.0 Å². The second-order valence-corrected chi connectivity index (χ2v) is 5.20. The van der Waals surface area contributed by atoms with Crippen molar-refractivity contribution in [3.8, 4) is 0 Å². The summed E-state index contributed by atoms with van der Waals surface area (Å²) >= 11 is 0. The molecule has 0 aliphatic carbocycles. The second-order valence-electron chi connectivity index (χ2n) is 5.20. The summed E-state index contributed by atoms with van der Waals surface area (Å²) in [5.41, 5.74) is 0.686. The molecule has 2 amide bonds. The summed E-state index contributed by atoms with van der Waals surface area (Å²) in [6.07, 6.45) is 6.01. The van der Waals surface area contributed by atoms with Gasteiger partial charge in [0, 0.05) is 32.8 Å². The molecule has 7 heteroatoms. The zero-order chi connectivity index (χ0) is 14.5. The Kier molecular flexibility index (Phi) is 4.60. The van der Waals surface area contributed by atoms with Crippen LogP contribution in [0.5, 0.6) is 0 Å². The fourth-order valence-corrected chi connectivity index (χ4v) is 2.44. The summed E-state index contributed by atoms with van der Waals surface area (Å²) in [5, 5.41) is 15.5. The van der Waals surface area contributed by atoms with Gasteiger partial charge in [0.05, 0.1) is 11.9 Å². The molecular weight excluding hydrogens is 260 g/mol. The quantitative estimate of drug-likeness (QED) is 0.875. The van der Waals surface area contributed by atoms with Gasteiger partial charge in [-0.2, -0.15) is 5.10 Å². The van der Waals surface area contributed by atoms with Crippen molar-refractivity contribution in [3.63, 3.8) is 0 Å². The van der Waals surface area contributed by atoms with Gasteiger partial charge < -0.3 is 15.3 Å². The number of piperidine rings is 1. The zero-order valence-electron chi connectivity index (χ0n) is 11.6. The molecule has 2 N–H and O–H groups in total. The van der Waals surface area contributed by atoms with Crippen molar-refractivity contribution in [2.75, 3.05) is 18.4 Å². The van der Waals surface area contributed by atoms with Crippen LogP contribution in [0.25, 0.3) is 0 Å². The highest BCUT2D eigenvalue weighted by Crippen LogP contribution is 2.22. The third kappa shape index (κ3) is 3.97. The largest absolute Gasteiger partial charge is 0.481 e. The van der Waals surface area contributed by atoms with Crippen molar-refractivity contribution >= 4 is 17.7 Å². The van der Waals surface area contributed by atoms with Crippen LogP contribution in [0.1, 0.15) is 25.7 Å². The molecule has 7 nitrogen and oxygen atoms in total. The monoisotopic (exact) mass is 280 g/mol. The summed E-state index contributed by atoms with van der Waals surface area (Å²) in [6.45, 7) is 1.35. The van der Waals surface area contributed by atoms with Crippen LogP contribution in [0.3, 0.4) is 0 Å². The first kappa shape index (κ1) is 14.4. The number of aromatic nitrogens is 2. The molecule has 1 aromatic rings. The number of carbonyl (C=O) groups excluding carboxylic acids is 1. The SMILES string of the molecule is Cn1cc(NC(=O)N2CCC(CCC(=O)O)CC2)cn1. The van der Waals surface area contributed by atoms with Crippen LogP contribution in [0, 0.1) is 5.92 Å². The summed E-state index contributed by atoms with van der Waals surface area (Å²) in [4.78, 5) is 24.3. The number of urea groups is 1. The first-order valence-corrected chi connectivity index (χ1v) is 6.81. The number of carboxylic acid groups (broad SMARTS) is 1. The average Bonchev–Trinajstić information content (AvgIpc) is 2.82. The molecular formula is C13H20N4O3. The van der Waals surface area contributed by atoms with Crippen LogP contribution in [-0.2, 0) is 11.8 Å². The van der Waals surface area contributed by atoms with Gasteiger partial charge in [-0.1, -0.05) is 0 Å². The first-order chi connectivity index (χ1) is 9.54. The van der Waals surface area contributed by atoms with Gasteiger partial charge in [0.1, 0.15) is 0 Å². The molecule has 0 aromatic carbocycles. The van der Waals surface area contributed by atoms with E-state index in [0.29, 0.717) is 31.1 Å². The molecule has 0 atom stereocenters. The van der Waals surface area contributed by atoms with Gasteiger partial charge in [-0.3, -0.25) is 9.48 Å². The fourth-order valence-electron chi connectivity index (χ4n) is 2.44. The molecule has 20 heavy (non-hydrogen) atoms. The van der Waals surface area contributed by atoms with E-state index in [1.165, 1.54) is 0 Å². The molecule has 1 aliphatic rings. The van der Waals surface area contributed by atoms with E-state index in [2.05, 4.69) is 10.4 Å². The Morgan fingerprint density at radius 3 is 2.70 bits per heavy atom. The topological polar surface area (TPSA) is 87.5 Å². The van der Waals surface area contributed by atoms with Gasteiger partial charge >= 0.3 is 12.0 Å². The van der Waals surface area contributed by atoms with E-state index < -0.39 is 5.97 Å². The minimum Gasteiger partial charge on any atom is -0.481 e. The van der Waals surface area contributed by atoms with Crippen molar-refractivity contribution in [2.24, 2.45) is 13.0 Å². The standard InChI is InChI=1S/C13H20N4O3/c1-16-9-11(8-14-16)15-13(20)17-6-4-10(5-7-17)2-3-12(18)19/h8-10H,2-7H2,1H3,(H,15,20)(H,18,19). The van der Waals surface area contributed by atoms with Gasteiger partial charge in [-0.25, -0.2) is 4.79 Å². The summed E-state index contributed by atoms with van der Waals surface area (Å²) in [7, 11) is 1.80. The fraction of sp³-hybridized carbons (Fsp3) is 0.615. The van der Waals surface area contributed by atoms with Crippen molar-refractivity contribution < 1.29 is 14.7 Å². The number of amides is 2. The average molecular weight is 280 g/mol. The molecule has 1 aliphatic heterocycles. The lowest BCUT2D eigenvalue weighted by molar-refractivity contribution is -0.137. The van der Waals surface area contributed by atoms with Crippen molar-refractivity contribution in [2.45, 2.75) is 25.7 Å². The lowest BCUT2D eigenvalue weighted by Crippen LogP contribution is -2.41. The molecule has 110 valence electrons. The Hall–Kier alpha value is -2.05. The first-order valence-electron chi connectivity index (χ1n) is 6.81. The third-order valence-corrected chi connectivity index (χ3v) is 3.62. The molecule has 0 saturated carbocycles. The van der Waals surface area contributed by atoms with Gasteiger partial charge in [-0.15, -0.1) is 0 Å². The molecule has 0 bridgehead atoms. The maximum atomic E-state index is 12.0. The van der Waals surface area contributed by atoms with Crippen LogP contribution < -0.4 is 5.32 Å². The minimum absolute atomic E-state index is 0.116. The van der Waals surface area contributed by atoms with E-state index in [-0.39, 0.29) is 12.5 Å². The number of aliphatic carboxylic acids is 1. The minimum atomic E-state index is -0.748. The van der Waals surface area contributed by atoms with Crippen LogP contribution in [0.15, 0.2) is 12.4 Å². The Bertz CT molecular complexity index is 478. The summed E-state index contributed by atoms with van der Waals surface area (Å²) in [6, 6.07) is -0.116. The highest BCUT2D eigenvalue weighted by molar-refractivity contribution is 5.89. The van der Waals surface area contributed by atoms with E-state index in [1.807, 2.05) is 0 Å². The number of nitrogens with one attached hydrogen (secondary N) is 1. The van der Waals surface area contributed by atoms with Gasteiger partial charge in [-0.05, 0) is 25.2 Å². The van der Waals surface area contributed by atoms with Crippen LogP contribution in [0.4, 0.5) is 10.5 Å². The van der Waals surface area contributed by atoms with Crippen molar-refractivity contribution in [1.29, 1.82) is 0 Å². The number of aryl methyl sites for hydroxylation is 1. The lowest BCUT2D eigenvalue weighted by atomic mass is 9.92. The van der Waals surface area contributed by atoms with Crippen LogP contribution >= 0.6 is 0 Å². The summed E-state index contributed by atoms with van der Waals surface area (Å²) in [5.74, 6) is -0.338. The molecule has 0 spiro atoms. The van der Waals surface area contributed by atoms with Crippen LogP contribution in [0.2, 0.25) is 0 Å². The number of rotatable bonds is 4. The number of carbonyl (C=O) groups is 2. The van der Waals surface area contributed by atoms with E-state index in [9.17, 15) is 9.59 Å². The normalized spacial score (nSPS) is 16.1. The number of anilines is 1. The Balaban J connectivity index is 1.75. The lowest BCUT2D eigenvalue weighted by Gasteiger charge is -2.31. The maximum Gasteiger partial charge on any atom is 0.321 e. The molecule has 1 saturated heterocycles. The molecule has 0 unspecified atom stereocenters. The summed E-state index contributed by atoms with van der Waals surface area (Å²) < 4.78 is 1.63. The van der Waals surface area contributed by atoms with E-state index >= 15 is 0 Å². The molecule has 1 fully saturated rings. The number of hydrogen-bond donors (Lipinski definition) is 2. The van der Waals surface area contributed by atoms with Crippen molar-refractivity contribution in [3.05, 3.63) is 12.4 Å². The predicted octanol–water partition coefficient (Wildman–Crippen LogP) is 1.53. The number of hydrogen-bond acceptors (Lipinski definition) is 3. The van der Waals surface area contributed by atoms with Crippen LogP contribution in [-0.4, -0.2) is 44.9 Å². The smallest absolute Gasteiger partial charge is 0.321 e. The van der Waals surface area contributed by atoms with Crippen molar-refractivity contribution in [1.82, 2.24) is 14.7 Å². The Morgan fingerprint density at radius 1 is 1.45 bits per heavy atom. The molecule has 2 heterocycles. The van der Waals surface area contributed by atoms with Gasteiger partial charge in [0.2, 0.25) is 0 Å². The van der Waals surface area contributed by atoms with E-state index in [0.717, 1.165) is 12.8 Å². The van der Waals surface area contributed by atoms with E-state index in [4.69, 9.17) is 5.11 Å². The number of carboxylic acids is 1. The predicted molar refractivity (Wildman–Crippen MR) is 73.4 cm³/mol. The highest BCUT2D eigenvalue weighted by Gasteiger charge is 2.23.